The lowest BCUT2D eigenvalue weighted by atomic mass is 9.92. The molecule has 0 amide bonds. The lowest BCUT2D eigenvalue weighted by molar-refractivity contribution is 0.361. The van der Waals surface area contributed by atoms with Gasteiger partial charge in [-0.05, 0) is 25.0 Å². The molecule has 98 valence electrons. The van der Waals surface area contributed by atoms with Crippen molar-refractivity contribution in [1.82, 2.24) is 4.72 Å². The summed E-state index contributed by atoms with van der Waals surface area (Å²) in [5, 5.41) is 8.71. The fraction of sp³-hybridized carbons (Fsp3) is 0.545. The van der Waals surface area contributed by atoms with Crippen molar-refractivity contribution in [3.8, 4) is 6.07 Å². The summed E-state index contributed by atoms with van der Waals surface area (Å²) in [5.41, 5.74) is 5.92. The van der Waals surface area contributed by atoms with Crippen molar-refractivity contribution in [2.75, 3.05) is 0 Å². The normalized spacial score (nSPS) is 24.7. The number of nitrogens with one attached hydrogen (secondary N) is 1. The zero-order chi connectivity index (χ0) is 13.2. The maximum Gasteiger partial charge on any atom is 0.250 e. The summed E-state index contributed by atoms with van der Waals surface area (Å²) in [6.07, 6.45) is 3.67. The highest BCUT2D eigenvalue weighted by molar-refractivity contribution is 7.91. The van der Waals surface area contributed by atoms with E-state index in [0.717, 1.165) is 37.0 Å². The number of rotatable bonds is 3. The predicted molar refractivity (Wildman–Crippen MR) is 69.6 cm³/mol. The third kappa shape index (κ3) is 2.90. The minimum atomic E-state index is -3.54. The molecule has 0 aromatic carbocycles. The van der Waals surface area contributed by atoms with E-state index in [2.05, 4.69) is 4.72 Å². The van der Waals surface area contributed by atoms with Gasteiger partial charge in [-0.3, -0.25) is 0 Å². The van der Waals surface area contributed by atoms with Gasteiger partial charge in [0, 0.05) is 12.1 Å². The molecule has 1 heterocycles. The Kier molecular flexibility index (Phi) is 4.02. The van der Waals surface area contributed by atoms with Gasteiger partial charge in [0.05, 0.1) is 0 Å². The molecule has 3 N–H and O–H groups in total. The van der Waals surface area contributed by atoms with Crippen LogP contribution in [0.2, 0.25) is 0 Å². The molecule has 18 heavy (non-hydrogen) atoms. The largest absolute Gasteiger partial charge is 0.326 e. The fourth-order valence-corrected chi connectivity index (χ4v) is 4.53. The van der Waals surface area contributed by atoms with E-state index in [1.165, 1.54) is 12.1 Å². The van der Waals surface area contributed by atoms with Crippen LogP contribution in [-0.4, -0.2) is 20.5 Å². The second kappa shape index (κ2) is 5.36. The zero-order valence-corrected chi connectivity index (χ0v) is 11.4. The number of nitriles is 1. The van der Waals surface area contributed by atoms with E-state index < -0.39 is 10.0 Å². The van der Waals surface area contributed by atoms with E-state index in [1.807, 2.05) is 6.07 Å². The number of sulfonamides is 1. The number of hydrogen-bond acceptors (Lipinski definition) is 5. The first-order valence-corrected chi connectivity index (χ1v) is 8.11. The molecule has 0 aliphatic heterocycles. The van der Waals surface area contributed by atoms with E-state index in [-0.39, 0.29) is 16.3 Å². The Balaban J connectivity index is 2.14. The summed E-state index contributed by atoms with van der Waals surface area (Å²) in [7, 11) is -3.54. The number of nitrogens with two attached hydrogens (primary N) is 1. The van der Waals surface area contributed by atoms with Crippen LogP contribution in [0.3, 0.4) is 0 Å². The Hall–Kier alpha value is -0.940. The summed E-state index contributed by atoms with van der Waals surface area (Å²) in [5.74, 6) is 0. The molecule has 2 atom stereocenters. The summed E-state index contributed by atoms with van der Waals surface area (Å²) in [6, 6.07) is 4.59. The van der Waals surface area contributed by atoms with Crippen molar-refractivity contribution in [2.45, 2.75) is 42.0 Å². The quantitative estimate of drug-likeness (QED) is 0.871. The predicted octanol–water partition coefficient (Wildman–Crippen LogP) is 1.17. The lowest BCUT2D eigenvalue weighted by Gasteiger charge is -2.28. The SMILES string of the molecule is N#Cc1ccc(S(=O)(=O)NC2CCCCC2N)s1. The van der Waals surface area contributed by atoms with E-state index in [4.69, 9.17) is 11.0 Å². The molecule has 0 spiro atoms. The third-order valence-electron chi connectivity index (χ3n) is 3.08. The van der Waals surface area contributed by atoms with Crippen molar-refractivity contribution < 1.29 is 8.42 Å². The first-order chi connectivity index (χ1) is 8.53. The summed E-state index contributed by atoms with van der Waals surface area (Å²) < 4.78 is 27.0. The highest BCUT2D eigenvalue weighted by atomic mass is 32.2. The molecule has 1 saturated carbocycles. The van der Waals surface area contributed by atoms with Gasteiger partial charge < -0.3 is 5.73 Å². The average Bonchev–Trinajstić information content (AvgIpc) is 2.81. The molecule has 0 bridgehead atoms. The molecule has 1 aromatic heterocycles. The molecule has 7 heteroatoms. The molecule has 1 aliphatic carbocycles. The van der Waals surface area contributed by atoms with Crippen molar-refractivity contribution in [1.29, 1.82) is 5.26 Å². The zero-order valence-electron chi connectivity index (χ0n) is 9.80. The Labute approximate surface area is 111 Å². The Morgan fingerprint density at radius 2 is 2.11 bits per heavy atom. The molecule has 2 rings (SSSR count). The molecule has 1 aliphatic rings. The van der Waals surface area contributed by atoms with E-state index in [1.54, 1.807) is 0 Å². The van der Waals surface area contributed by atoms with Crippen molar-refractivity contribution >= 4 is 21.4 Å². The highest BCUT2D eigenvalue weighted by Gasteiger charge is 2.27. The van der Waals surface area contributed by atoms with Gasteiger partial charge in [-0.1, -0.05) is 12.8 Å². The summed E-state index contributed by atoms with van der Waals surface area (Å²) >= 11 is 0.977. The molecular formula is C11H15N3O2S2. The van der Waals surface area contributed by atoms with Crippen molar-refractivity contribution in [3.05, 3.63) is 17.0 Å². The van der Waals surface area contributed by atoms with E-state index >= 15 is 0 Å². The van der Waals surface area contributed by atoms with Crippen LogP contribution < -0.4 is 10.5 Å². The molecular weight excluding hydrogens is 270 g/mol. The molecule has 2 unspecified atom stereocenters. The van der Waals surface area contributed by atoms with Gasteiger partial charge in [0.2, 0.25) is 10.0 Å². The Morgan fingerprint density at radius 1 is 1.39 bits per heavy atom. The van der Waals surface area contributed by atoms with E-state index in [0.29, 0.717) is 4.88 Å². The molecule has 1 aromatic rings. The van der Waals surface area contributed by atoms with Gasteiger partial charge in [0.25, 0.3) is 0 Å². The van der Waals surface area contributed by atoms with Crippen LogP contribution in [0.1, 0.15) is 30.6 Å². The minimum absolute atomic E-state index is 0.121. The second-order valence-electron chi connectivity index (χ2n) is 4.41. The van der Waals surface area contributed by atoms with Gasteiger partial charge in [-0.2, -0.15) is 5.26 Å². The lowest BCUT2D eigenvalue weighted by Crippen LogP contribution is -2.49. The Morgan fingerprint density at radius 3 is 2.72 bits per heavy atom. The van der Waals surface area contributed by atoms with Crippen LogP contribution in [0.5, 0.6) is 0 Å². The fourth-order valence-electron chi connectivity index (χ4n) is 2.09. The van der Waals surface area contributed by atoms with E-state index in [9.17, 15) is 8.42 Å². The maximum absolute atomic E-state index is 12.1. The maximum atomic E-state index is 12.1. The molecule has 1 fully saturated rings. The first kappa shape index (κ1) is 13.5. The second-order valence-corrected chi connectivity index (χ2v) is 7.43. The van der Waals surface area contributed by atoms with Crippen molar-refractivity contribution in [3.63, 3.8) is 0 Å². The van der Waals surface area contributed by atoms with Gasteiger partial charge in [-0.25, -0.2) is 13.1 Å². The average molecular weight is 285 g/mol. The number of hydrogen-bond donors (Lipinski definition) is 2. The van der Waals surface area contributed by atoms with Gasteiger partial charge >= 0.3 is 0 Å². The minimum Gasteiger partial charge on any atom is -0.326 e. The smallest absolute Gasteiger partial charge is 0.250 e. The Bertz CT molecular complexity index is 559. The van der Waals surface area contributed by atoms with Gasteiger partial charge in [-0.15, -0.1) is 11.3 Å². The topological polar surface area (TPSA) is 96.0 Å². The van der Waals surface area contributed by atoms with Crippen LogP contribution in [0.25, 0.3) is 0 Å². The van der Waals surface area contributed by atoms with Crippen molar-refractivity contribution in [2.24, 2.45) is 5.73 Å². The van der Waals surface area contributed by atoms with Crippen LogP contribution >= 0.6 is 11.3 Å². The van der Waals surface area contributed by atoms with Crippen LogP contribution in [0, 0.1) is 11.3 Å². The molecule has 0 saturated heterocycles. The first-order valence-electron chi connectivity index (χ1n) is 5.81. The van der Waals surface area contributed by atoms with Gasteiger partial charge in [0.1, 0.15) is 15.2 Å². The molecule has 0 radical (unpaired) electrons. The van der Waals surface area contributed by atoms with Crippen LogP contribution in [-0.2, 0) is 10.0 Å². The monoisotopic (exact) mass is 285 g/mol. The third-order valence-corrected chi connectivity index (χ3v) is 6.05. The van der Waals surface area contributed by atoms with Crippen LogP contribution in [0.4, 0.5) is 0 Å². The van der Waals surface area contributed by atoms with Crippen LogP contribution in [0.15, 0.2) is 16.3 Å². The standard InChI is InChI=1S/C11H15N3O2S2/c12-7-8-5-6-11(17-8)18(15,16)14-10-4-2-1-3-9(10)13/h5-6,9-10,14H,1-4,13H2. The number of nitrogens with zero attached hydrogens (tertiary/aromatic N) is 1. The summed E-state index contributed by atoms with van der Waals surface area (Å²) in [6.45, 7) is 0. The van der Waals surface area contributed by atoms with Gasteiger partial charge in [0.15, 0.2) is 0 Å². The number of thiophene rings is 1. The highest BCUT2D eigenvalue weighted by Crippen LogP contribution is 2.23. The summed E-state index contributed by atoms with van der Waals surface area (Å²) in [4.78, 5) is 0.392. The molecule has 5 nitrogen and oxygen atoms in total.